The highest BCUT2D eigenvalue weighted by atomic mass is 35.5. The Hall–Kier alpha value is -0.490. The fourth-order valence-electron chi connectivity index (χ4n) is 3.57. The van der Waals surface area contributed by atoms with E-state index in [1.165, 1.54) is 42.4 Å². The molecule has 0 N–H and O–H groups in total. The molecule has 0 saturated heterocycles. The Morgan fingerprint density at radius 3 is 1.59 bits per heavy atom. The molecule has 1 aromatic rings. The van der Waals surface area contributed by atoms with Crippen LogP contribution in [0.1, 0.15) is 96.8 Å². The van der Waals surface area contributed by atoms with Crippen molar-refractivity contribution in [3.05, 3.63) is 33.8 Å². The Labute approximate surface area is 142 Å². The molecule has 0 amide bonds. The molecule has 1 fully saturated rings. The van der Waals surface area contributed by atoms with Gasteiger partial charge in [-0.2, -0.15) is 0 Å². The lowest BCUT2D eigenvalue weighted by atomic mass is 9.74. The van der Waals surface area contributed by atoms with Gasteiger partial charge in [0.25, 0.3) is 0 Å². The van der Waals surface area contributed by atoms with E-state index in [4.69, 9.17) is 11.6 Å². The molecule has 0 aromatic heterocycles. The summed E-state index contributed by atoms with van der Waals surface area (Å²) in [7, 11) is 0. The first-order chi connectivity index (χ1) is 10.00. The zero-order valence-corrected chi connectivity index (χ0v) is 16.3. The normalized spacial score (nSPS) is 23.6. The van der Waals surface area contributed by atoms with Crippen molar-refractivity contribution in [2.24, 2.45) is 5.92 Å². The van der Waals surface area contributed by atoms with E-state index in [-0.39, 0.29) is 10.8 Å². The molecule has 22 heavy (non-hydrogen) atoms. The maximum Gasteiger partial charge on any atom is 0.0480 e. The van der Waals surface area contributed by atoms with Crippen LogP contribution >= 0.6 is 11.6 Å². The summed E-state index contributed by atoms with van der Waals surface area (Å²) in [6.45, 7) is 16.0. The van der Waals surface area contributed by atoms with Crippen LogP contribution in [0.5, 0.6) is 0 Å². The second kappa shape index (κ2) is 6.19. The monoisotopic (exact) mass is 320 g/mol. The van der Waals surface area contributed by atoms with Crippen LogP contribution in [0.25, 0.3) is 0 Å². The number of hydrogen-bond donors (Lipinski definition) is 0. The van der Waals surface area contributed by atoms with Crippen molar-refractivity contribution in [3.63, 3.8) is 0 Å². The SMILES string of the molecule is CC1CCC(c2cc(C(C)(C)C)c(Cl)c(C(C)(C)C)c2)CC1. The van der Waals surface area contributed by atoms with Crippen LogP contribution < -0.4 is 0 Å². The molecule has 0 unspecified atom stereocenters. The van der Waals surface area contributed by atoms with Gasteiger partial charge in [0.05, 0.1) is 0 Å². The van der Waals surface area contributed by atoms with Crippen molar-refractivity contribution in [3.8, 4) is 0 Å². The standard InChI is InChI=1S/C21H33Cl/c1-14-8-10-15(11-9-14)16-12-17(20(2,3)4)19(22)18(13-16)21(5,6)7/h12-15H,8-11H2,1-7H3. The minimum absolute atomic E-state index is 0.0923. The van der Waals surface area contributed by atoms with Gasteiger partial charge in [-0.3, -0.25) is 0 Å². The number of halogens is 1. The molecule has 0 spiro atoms. The summed E-state index contributed by atoms with van der Waals surface area (Å²) >= 11 is 6.81. The van der Waals surface area contributed by atoms with Crippen LogP contribution in [0.3, 0.4) is 0 Å². The highest BCUT2D eigenvalue weighted by Gasteiger charge is 2.28. The molecule has 0 bridgehead atoms. The summed E-state index contributed by atoms with van der Waals surface area (Å²) in [6.07, 6.45) is 5.39. The van der Waals surface area contributed by atoms with Gasteiger partial charge in [-0.15, -0.1) is 0 Å². The van der Waals surface area contributed by atoms with E-state index in [0.29, 0.717) is 0 Å². The van der Waals surface area contributed by atoms with Crippen LogP contribution in [0.4, 0.5) is 0 Å². The molecule has 1 aliphatic carbocycles. The Morgan fingerprint density at radius 2 is 1.23 bits per heavy atom. The molecule has 0 radical (unpaired) electrons. The zero-order chi connectivity index (χ0) is 16.7. The second-order valence-electron chi connectivity index (χ2n) is 9.39. The lowest BCUT2D eigenvalue weighted by molar-refractivity contribution is 0.347. The van der Waals surface area contributed by atoms with Crippen molar-refractivity contribution in [1.29, 1.82) is 0 Å². The fraction of sp³-hybridized carbons (Fsp3) is 0.714. The third-order valence-corrected chi connectivity index (χ3v) is 5.61. The average Bonchev–Trinajstić information content (AvgIpc) is 2.37. The Balaban J connectivity index is 2.51. The smallest absolute Gasteiger partial charge is 0.0480 e. The summed E-state index contributed by atoms with van der Waals surface area (Å²) in [6, 6.07) is 4.80. The van der Waals surface area contributed by atoms with Gasteiger partial charge < -0.3 is 0 Å². The highest BCUT2D eigenvalue weighted by molar-refractivity contribution is 6.32. The largest absolute Gasteiger partial charge is 0.0837 e. The molecule has 2 rings (SSSR count). The minimum atomic E-state index is 0.0923. The third-order valence-electron chi connectivity index (χ3n) is 5.20. The van der Waals surface area contributed by atoms with Gasteiger partial charge in [0.1, 0.15) is 0 Å². The summed E-state index contributed by atoms with van der Waals surface area (Å²) < 4.78 is 0. The maximum absolute atomic E-state index is 6.81. The van der Waals surface area contributed by atoms with E-state index in [1.54, 1.807) is 0 Å². The van der Waals surface area contributed by atoms with Gasteiger partial charge in [0, 0.05) is 5.02 Å². The zero-order valence-electron chi connectivity index (χ0n) is 15.5. The maximum atomic E-state index is 6.81. The quantitative estimate of drug-likeness (QED) is 0.512. The average molecular weight is 321 g/mol. The predicted octanol–water partition coefficient (Wildman–Crippen LogP) is 7.23. The van der Waals surface area contributed by atoms with Crippen molar-refractivity contribution in [2.45, 2.75) is 90.9 Å². The van der Waals surface area contributed by atoms with Crippen molar-refractivity contribution in [2.75, 3.05) is 0 Å². The van der Waals surface area contributed by atoms with Crippen LogP contribution in [-0.4, -0.2) is 0 Å². The van der Waals surface area contributed by atoms with E-state index >= 15 is 0 Å². The van der Waals surface area contributed by atoms with E-state index in [2.05, 4.69) is 60.6 Å². The van der Waals surface area contributed by atoms with Crippen molar-refractivity contribution in [1.82, 2.24) is 0 Å². The molecule has 0 heterocycles. The summed E-state index contributed by atoms with van der Waals surface area (Å²) in [5, 5.41) is 0.980. The lowest BCUT2D eigenvalue weighted by Crippen LogP contribution is -2.20. The second-order valence-corrected chi connectivity index (χ2v) is 9.76. The first-order valence-corrected chi connectivity index (χ1v) is 9.22. The van der Waals surface area contributed by atoms with E-state index in [9.17, 15) is 0 Å². The van der Waals surface area contributed by atoms with Gasteiger partial charge >= 0.3 is 0 Å². The number of benzene rings is 1. The van der Waals surface area contributed by atoms with Crippen LogP contribution in [0.2, 0.25) is 5.02 Å². The summed E-state index contributed by atoms with van der Waals surface area (Å²) in [5.41, 5.74) is 4.33. The first kappa shape index (κ1) is 17.9. The number of rotatable bonds is 1. The molecule has 1 aromatic carbocycles. The van der Waals surface area contributed by atoms with Crippen LogP contribution in [-0.2, 0) is 10.8 Å². The van der Waals surface area contributed by atoms with Gasteiger partial charge in [-0.1, -0.05) is 85.0 Å². The van der Waals surface area contributed by atoms with E-state index in [1.807, 2.05) is 0 Å². The van der Waals surface area contributed by atoms with E-state index < -0.39 is 0 Å². The molecule has 1 saturated carbocycles. The van der Waals surface area contributed by atoms with E-state index in [0.717, 1.165) is 16.9 Å². The van der Waals surface area contributed by atoms with Crippen LogP contribution in [0.15, 0.2) is 12.1 Å². The Bertz CT molecular complexity index is 485. The molecule has 0 nitrogen and oxygen atoms in total. The van der Waals surface area contributed by atoms with Crippen molar-refractivity contribution < 1.29 is 0 Å². The van der Waals surface area contributed by atoms with Gasteiger partial charge in [-0.25, -0.2) is 0 Å². The molecular formula is C21H33Cl. The summed E-state index contributed by atoms with van der Waals surface area (Å²) in [5.74, 6) is 1.61. The third kappa shape index (κ3) is 3.88. The minimum Gasteiger partial charge on any atom is -0.0837 e. The van der Waals surface area contributed by atoms with Crippen LogP contribution in [0, 0.1) is 5.92 Å². The van der Waals surface area contributed by atoms with Gasteiger partial charge in [-0.05, 0) is 52.2 Å². The van der Waals surface area contributed by atoms with Gasteiger partial charge in [0.15, 0.2) is 0 Å². The number of hydrogen-bond acceptors (Lipinski definition) is 0. The fourth-order valence-corrected chi connectivity index (χ4v) is 4.24. The molecule has 0 aliphatic heterocycles. The van der Waals surface area contributed by atoms with Gasteiger partial charge in [0.2, 0.25) is 0 Å². The Morgan fingerprint density at radius 1 is 0.818 bits per heavy atom. The molecule has 0 atom stereocenters. The molecule has 1 aliphatic rings. The predicted molar refractivity (Wildman–Crippen MR) is 99.2 cm³/mol. The first-order valence-electron chi connectivity index (χ1n) is 8.84. The lowest BCUT2D eigenvalue weighted by Gasteiger charge is -2.32. The van der Waals surface area contributed by atoms with Crippen molar-refractivity contribution >= 4 is 11.6 Å². The molecule has 1 heteroatoms. The summed E-state index contributed by atoms with van der Waals surface area (Å²) in [4.78, 5) is 0. The highest BCUT2D eigenvalue weighted by Crippen LogP contribution is 2.43. The molecule has 124 valence electrons. The topological polar surface area (TPSA) is 0 Å². The molecular weight excluding hydrogens is 288 g/mol. The Kier molecular flexibility index (Phi) is 5.03.